The number of benzene rings is 1. The fourth-order valence-electron chi connectivity index (χ4n) is 2.80. The van der Waals surface area contributed by atoms with Gasteiger partial charge in [-0.05, 0) is 6.42 Å². The van der Waals surface area contributed by atoms with Gasteiger partial charge in [-0.25, -0.2) is 4.31 Å². The summed E-state index contributed by atoms with van der Waals surface area (Å²) in [7, 11) is 0. The predicted molar refractivity (Wildman–Crippen MR) is 83.6 cm³/mol. The third-order valence-corrected chi connectivity index (χ3v) is 5.12. The number of fused-ring (bicyclic) bond motifs is 1. The van der Waals surface area contributed by atoms with Crippen LogP contribution in [0.2, 0.25) is 0 Å². The zero-order valence-corrected chi connectivity index (χ0v) is 13.1. The monoisotopic (exact) mass is 292 g/mol. The lowest BCUT2D eigenvalue weighted by molar-refractivity contribution is 0.217. The standard InChI is InChI=1S/C16H24N2OS/c1-2-3-4-5-6-10-13-17-14-16(18(19-16)20-17)15-11-8-7-9-12-15/h7-9,11-12H,2-6,10,13-14H2,1H3. The van der Waals surface area contributed by atoms with Gasteiger partial charge in [0.25, 0.3) is 0 Å². The summed E-state index contributed by atoms with van der Waals surface area (Å²) < 4.78 is 4.48. The Kier molecular flexibility index (Phi) is 4.66. The number of hydrogen-bond acceptors (Lipinski definition) is 4. The van der Waals surface area contributed by atoms with Crippen LogP contribution in [0.4, 0.5) is 0 Å². The van der Waals surface area contributed by atoms with Gasteiger partial charge in [-0.15, -0.1) is 0 Å². The SMILES string of the molecule is CCCCCCCCN1CC2(c3ccccc3)ON2S1. The van der Waals surface area contributed by atoms with E-state index in [9.17, 15) is 0 Å². The van der Waals surface area contributed by atoms with Crippen molar-refractivity contribution in [2.75, 3.05) is 13.1 Å². The summed E-state index contributed by atoms with van der Waals surface area (Å²) >= 11 is 1.75. The average molecular weight is 292 g/mol. The van der Waals surface area contributed by atoms with Crippen LogP contribution in [0.25, 0.3) is 0 Å². The van der Waals surface area contributed by atoms with Gasteiger partial charge in [0.05, 0.1) is 6.54 Å². The van der Waals surface area contributed by atoms with E-state index < -0.39 is 0 Å². The molecule has 2 heterocycles. The summed E-state index contributed by atoms with van der Waals surface area (Å²) in [5.74, 6) is 0. The molecule has 3 nitrogen and oxygen atoms in total. The average Bonchev–Trinajstić information content (AvgIpc) is 3.07. The van der Waals surface area contributed by atoms with Crippen molar-refractivity contribution in [2.45, 2.75) is 51.2 Å². The van der Waals surface area contributed by atoms with Crippen molar-refractivity contribution in [2.24, 2.45) is 0 Å². The molecule has 0 spiro atoms. The zero-order chi connectivity index (χ0) is 13.8. The molecule has 0 saturated carbocycles. The van der Waals surface area contributed by atoms with Crippen LogP contribution in [0, 0.1) is 0 Å². The smallest absolute Gasteiger partial charge is 0.216 e. The van der Waals surface area contributed by atoms with Crippen LogP contribution < -0.4 is 0 Å². The van der Waals surface area contributed by atoms with Gasteiger partial charge in [-0.1, -0.05) is 73.8 Å². The summed E-state index contributed by atoms with van der Waals surface area (Å²) in [6.45, 7) is 4.42. The highest BCUT2D eigenvalue weighted by molar-refractivity contribution is 7.95. The van der Waals surface area contributed by atoms with Gasteiger partial charge in [-0.3, -0.25) is 4.84 Å². The lowest BCUT2D eigenvalue weighted by Crippen LogP contribution is -2.24. The Morgan fingerprint density at radius 2 is 1.85 bits per heavy atom. The summed E-state index contributed by atoms with van der Waals surface area (Å²) in [5.41, 5.74) is 1.12. The summed E-state index contributed by atoms with van der Waals surface area (Å²) in [6, 6.07) is 10.6. The second-order valence-corrected chi connectivity index (χ2v) is 6.72. The Labute approximate surface area is 126 Å². The minimum atomic E-state index is -0.159. The van der Waals surface area contributed by atoms with Gasteiger partial charge in [0, 0.05) is 24.2 Å². The molecule has 20 heavy (non-hydrogen) atoms. The minimum absolute atomic E-state index is 0.159. The number of hydrogen-bond donors (Lipinski definition) is 0. The fraction of sp³-hybridized carbons (Fsp3) is 0.625. The van der Waals surface area contributed by atoms with Gasteiger partial charge >= 0.3 is 0 Å². The van der Waals surface area contributed by atoms with E-state index in [0.29, 0.717) is 0 Å². The third kappa shape index (κ3) is 3.03. The molecule has 2 atom stereocenters. The van der Waals surface area contributed by atoms with Gasteiger partial charge in [-0.2, -0.15) is 0 Å². The molecule has 1 aromatic rings. The molecule has 0 aromatic heterocycles. The van der Waals surface area contributed by atoms with E-state index in [2.05, 4.69) is 41.6 Å². The van der Waals surface area contributed by atoms with E-state index >= 15 is 0 Å². The Bertz CT molecular complexity index is 428. The summed E-state index contributed by atoms with van der Waals surface area (Å²) in [5, 5.41) is 0. The number of rotatable bonds is 8. The first-order valence-corrected chi connectivity index (χ1v) is 8.56. The fourth-order valence-corrected chi connectivity index (χ4v) is 3.90. The maximum absolute atomic E-state index is 5.77. The highest BCUT2D eigenvalue weighted by Gasteiger charge is 2.64. The molecule has 0 amide bonds. The first-order valence-electron chi connectivity index (χ1n) is 7.83. The molecule has 0 N–H and O–H groups in total. The molecule has 110 valence electrons. The summed E-state index contributed by atoms with van der Waals surface area (Å²) in [6.07, 6.45) is 8.15. The van der Waals surface area contributed by atoms with Gasteiger partial charge in [0.1, 0.15) is 0 Å². The molecule has 3 rings (SSSR count). The van der Waals surface area contributed by atoms with Gasteiger partial charge < -0.3 is 0 Å². The molecular formula is C16H24N2OS. The molecule has 0 aliphatic carbocycles. The van der Waals surface area contributed by atoms with Crippen LogP contribution in [0.5, 0.6) is 0 Å². The van der Waals surface area contributed by atoms with Crippen LogP contribution >= 0.6 is 12.1 Å². The van der Waals surface area contributed by atoms with Crippen molar-refractivity contribution in [3.63, 3.8) is 0 Å². The van der Waals surface area contributed by atoms with E-state index in [1.54, 1.807) is 12.1 Å². The Balaban J connectivity index is 1.40. The first kappa shape index (κ1) is 14.4. The van der Waals surface area contributed by atoms with Crippen LogP contribution in [-0.4, -0.2) is 21.9 Å². The normalized spacial score (nSPS) is 28.6. The van der Waals surface area contributed by atoms with Crippen molar-refractivity contribution in [3.05, 3.63) is 35.9 Å². The topological polar surface area (TPSA) is 18.8 Å². The minimum Gasteiger partial charge on any atom is -0.252 e. The number of unbranched alkanes of at least 4 members (excludes halogenated alkanes) is 5. The largest absolute Gasteiger partial charge is 0.252 e. The van der Waals surface area contributed by atoms with Gasteiger partial charge in [0.2, 0.25) is 5.72 Å². The lowest BCUT2D eigenvalue weighted by Gasteiger charge is -2.16. The maximum Gasteiger partial charge on any atom is 0.216 e. The number of hydroxylamine groups is 1. The molecule has 0 radical (unpaired) electrons. The second kappa shape index (κ2) is 6.48. The van der Waals surface area contributed by atoms with Crippen molar-refractivity contribution in [3.8, 4) is 0 Å². The predicted octanol–water partition coefficient (Wildman–Crippen LogP) is 4.33. The van der Waals surface area contributed by atoms with E-state index in [0.717, 1.165) is 6.54 Å². The van der Waals surface area contributed by atoms with Crippen molar-refractivity contribution in [1.29, 1.82) is 0 Å². The van der Waals surface area contributed by atoms with E-state index in [1.165, 1.54) is 50.6 Å². The lowest BCUT2D eigenvalue weighted by atomic mass is 10.1. The quantitative estimate of drug-likeness (QED) is 0.403. The highest BCUT2D eigenvalue weighted by Crippen LogP contribution is 2.56. The van der Waals surface area contributed by atoms with E-state index in [4.69, 9.17) is 4.84 Å². The molecule has 2 aliphatic heterocycles. The molecule has 0 bridgehead atoms. The van der Waals surface area contributed by atoms with Crippen molar-refractivity contribution < 1.29 is 4.84 Å². The van der Waals surface area contributed by atoms with Gasteiger partial charge in [0.15, 0.2) is 0 Å². The molecule has 2 saturated heterocycles. The molecule has 4 heteroatoms. The Morgan fingerprint density at radius 3 is 2.65 bits per heavy atom. The number of nitrogens with zero attached hydrogens (tertiary/aromatic N) is 2. The van der Waals surface area contributed by atoms with Crippen molar-refractivity contribution >= 4 is 12.1 Å². The highest BCUT2D eigenvalue weighted by atomic mass is 32.2. The van der Waals surface area contributed by atoms with Crippen LogP contribution in [0.1, 0.15) is 51.0 Å². The first-order chi connectivity index (χ1) is 9.85. The molecular weight excluding hydrogens is 268 g/mol. The Hall–Kier alpha value is -0.550. The van der Waals surface area contributed by atoms with Crippen molar-refractivity contribution in [1.82, 2.24) is 8.77 Å². The zero-order valence-electron chi connectivity index (χ0n) is 12.3. The third-order valence-electron chi connectivity index (χ3n) is 4.06. The van der Waals surface area contributed by atoms with Crippen LogP contribution in [0.3, 0.4) is 0 Å². The molecule has 1 aromatic carbocycles. The van der Waals surface area contributed by atoms with E-state index in [-0.39, 0.29) is 5.72 Å². The molecule has 2 aliphatic rings. The van der Waals surface area contributed by atoms with Crippen LogP contribution in [0.15, 0.2) is 30.3 Å². The second-order valence-electron chi connectivity index (χ2n) is 5.71. The summed E-state index contributed by atoms with van der Waals surface area (Å²) in [4.78, 5) is 5.77. The molecule has 2 unspecified atom stereocenters. The maximum atomic E-state index is 5.77. The Morgan fingerprint density at radius 1 is 1.10 bits per heavy atom. The molecule has 2 fully saturated rings. The van der Waals surface area contributed by atoms with E-state index in [1.807, 2.05) is 4.47 Å². The van der Waals surface area contributed by atoms with Crippen LogP contribution in [-0.2, 0) is 10.6 Å².